The fourth-order valence-corrected chi connectivity index (χ4v) is 1.63. The number of nitrogens with one attached hydrogen (secondary N) is 2. The summed E-state index contributed by atoms with van der Waals surface area (Å²) in [6, 6.07) is -1.83. The fraction of sp³-hybridized carbons (Fsp3) is 0.800. The second-order valence-corrected chi connectivity index (χ2v) is 3.94. The molecule has 0 unspecified atom stereocenters. The number of hydrogen-bond acceptors (Lipinski definition) is 4. The van der Waals surface area contributed by atoms with Crippen molar-refractivity contribution >= 4 is 12.0 Å². The molecule has 1 saturated carbocycles. The van der Waals surface area contributed by atoms with Gasteiger partial charge in [-0.05, 0) is 19.8 Å². The Morgan fingerprint density at radius 1 is 1.47 bits per heavy atom. The third kappa shape index (κ3) is 4.20. The Morgan fingerprint density at radius 2 is 2.12 bits per heavy atom. The number of hydrogen-bond donors (Lipinski definition) is 4. The van der Waals surface area contributed by atoms with Crippen LogP contribution >= 0.6 is 0 Å². The van der Waals surface area contributed by atoms with Gasteiger partial charge in [0, 0.05) is 12.6 Å². The highest BCUT2D eigenvalue weighted by atomic mass is 16.5. The normalized spacial score (nSPS) is 24.6. The Labute approximate surface area is 99.1 Å². The second kappa shape index (κ2) is 6.41. The van der Waals surface area contributed by atoms with E-state index in [1.807, 2.05) is 6.92 Å². The maximum atomic E-state index is 11.3. The number of aliphatic hydroxyl groups is 1. The van der Waals surface area contributed by atoms with Crippen molar-refractivity contribution in [1.29, 1.82) is 0 Å². The quantitative estimate of drug-likeness (QED) is 0.495. The van der Waals surface area contributed by atoms with E-state index in [-0.39, 0.29) is 12.1 Å². The van der Waals surface area contributed by atoms with Crippen LogP contribution in [0.3, 0.4) is 0 Å². The first-order valence-electron chi connectivity index (χ1n) is 5.59. The van der Waals surface area contributed by atoms with Gasteiger partial charge in [-0.25, -0.2) is 9.59 Å². The number of aliphatic carboxylic acids is 1. The molecule has 0 aliphatic heterocycles. The van der Waals surface area contributed by atoms with Crippen LogP contribution in [0.1, 0.15) is 19.8 Å². The third-order valence-corrected chi connectivity index (χ3v) is 2.62. The monoisotopic (exact) mass is 246 g/mol. The van der Waals surface area contributed by atoms with E-state index in [4.69, 9.17) is 14.9 Å². The topological polar surface area (TPSA) is 108 Å². The Kier molecular flexibility index (Phi) is 5.17. The van der Waals surface area contributed by atoms with E-state index >= 15 is 0 Å². The summed E-state index contributed by atoms with van der Waals surface area (Å²) < 4.78 is 5.32. The minimum atomic E-state index is -1.27. The van der Waals surface area contributed by atoms with Crippen molar-refractivity contribution in [2.45, 2.75) is 38.0 Å². The highest BCUT2D eigenvalue weighted by Crippen LogP contribution is 2.22. The number of carbonyl (C=O) groups is 2. The molecule has 1 aliphatic carbocycles. The van der Waals surface area contributed by atoms with Crippen LogP contribution in [0.15, 0.2) is 0 Å². The van der Waals surface area contributed by atoms with Crippen LogP contribution in [0.5, 0.6) is 0 Å². The van der Waals surface area contributed by atoms with Crippen molar-refractivity contribution in [1.82, 2.24) is 10.6 Å². The van der Waals surface area contributed by atoms with E-state index in [1.54, 1.807) is 0 Å². The highest BCUT2D eigenvalue weighted by molar-refractivity contribution is 5.82. The van der Waals surface area contributed by atoms with Gasteiger partial charge in [0.05, 0.1) is 12.7 Å². The SMILES string of the molecule is CCOC1CC(NC(=O)N[C@H](CO)C(=O)O)C1. The molecule has 0 aromatic rings. The number of carboxylic acids is 1. The van der Waals surface area contributed by atoms with Crippen molar-refractivity contribution in [2.75, 3.05) is 13.2 Å². The van der Waals surface area contributed by atoms with Crippen LogP contribution < -0.4 is 10.6 Å². The van der Waals surface area contributed by atoms with Crippen molar-refractivity contribution < 1.29 is 24.5 Å². The molecule has 0 heterocycles. The molecule has 0 aromatic carbocycles. The zero-order chi connectivity index (χ0) is 12.8. The number of aliphatic hydroxyl groups excluding tert-OH is 1. The summed E-state index contributed by atoms with van der Waals surface area (Å²) in [5.41, 5.74) is 0. The Morgan fingerprint density at radius 3 is 2.59 bits per heavy atom. The first-order valence-corrected chi connectivity index (χ1v) is 5.59. The van der Waals surface area contributed by atoms with Gasteiger partial charge in [0.2, 0.25) is 0 Å². The highest BCUT2D eigenvalue weighted by Gasteiger charge is 2.31. The lowest BCUT2D eigenvalue weighted by Crippen LogP contribution is -2.54. The standard InChI is InChI=1S/C10H18N2O5/c1-2-17-7-3-6(4-7)11-10(16)12-8(5-13)9(14)15/h6-8,13H,2-5H2,1H3,(H,14,15)(H2,11,12,16)/t6?,7?,8-/m1/s1. The van der Waals surface area contributed by atoms with Gasteiger partial charge in [-0.3, -0.25) is 0 Å². The molecular weight excluding hydrogens is 228 g/mol. The Bertz CT molecular complexity index is 278. The van der Waals surface area contributed by atoms with E-state index in [0.717, 1.165) is 12.8 Å². The first kappa shape index (κ1) is 13.7. The van der Waals surface area contributed by atoms with Crippen LogP contribution in [-0.2, 0) is 9.53 Å². The van der Waals surface area contributed by atoms with Crippen LogP contribution in [0.2, 0.25) is 0 Å². The van der Waals surface area contributed by atoms with Gasteiger partial charge in [-0.1, -0.05) is 0 Å². The summed E-state index contributed by atoms with van der Waals surface area (Å²) in [4.78, 5) is 21.9. The van der Waals surface area contributed by atoms with Crippen molar-refractivity contribution in [2.24, 2.45) is 0 Å². The number of rotatable bonds is 6. The minimum Gasteiger partial charge on any atom is -0.480 e. The third-order valence-electron chi connectivity index (χ3n) is 2.62. The van der Waals surface area contributed by atoms with Gasteiger partial charge in [-0.2, -0.15) is 0 Å². The van der Waals surface area contributed by atoms with Gasteiger partial charge in [0.15, 0.2) is 6.04 Å². The van der Waals surface area contributed by atoms with E-state index in [2.05, 4.69) is 10.6 Å². The second-order valence-electron chi connectivity index (χ2n) is 3.94. The number of carboxylic acid groups (broad SMARTS) is 1. The Hall–Kier alpha value is -1.34. The zero-order valence-electron chi connectivity index (χ0n) is 9.68. The summed E-state index contributed by atoms with van der Waals surface area (Å²) in [7, 11) is 0. The zero-order valence-corrected chi connectivity index (χ0v) is 9.68. The summed E-state index contributed by atoms with van der Waals surface area (Å²) >= 11 is 0. The molecule has 0 saturated heterocycles. The molecule has 0 radical (unpaired) electrons. The van der Waals surface area contributed by atoms with Crippen molar-refractivity contribution in [3.63, 3.8) is 0 Å². The smallest absolute Gasteiger partial charge is 0.328 e. The number of ether oxygens (including phenoxy) is 1. The molecule has 0 bridgehead atoms. The summed E-state index contributed by atoms with van der Waals surface area (Å²) in [5.74, 6) is -1.26. The maximum absolute atomic E-state index is 11.3. The molecule has 1 aliphatic rings. The lowest BCUT2D eigenvalue weighted by atomic mass is 9.89. The first-order chi connectivity index (χ1) is 8.06. The van der Waals surface area contributed by atoms with Gasteiger partial charge < -0.3 is 25.6 Å². The molecular formula is C10H18N2O5. The minimum absolute atomic E-state index is 0.0136. The van der Waals surface area contributed by atoms with E-state index in [0.29, 0.717) is 6.61 Å². The molecule has 1 fully saturated rings. The molecule has 98 valence electrons. The summed E-state index contributed by atoms with van der Waals surface area (Å²) in [6.45, 7) is 1.93. The summed E-state index contributed by atoms with van der Waals surface area (Å²) in [6.07, 6.45) is 1.65. The van der Waals surface area contributed by atoms with E-state index in [9.17, 15) is 9.59 Å². The predicted octanol–water partition coefficient (Wildman–Crippen LogP) is -0.701. The van der Waals surface area contributed by atoms with Crippen molar-refractivity contribution in [3.8, 4) is 0 Å². The Balaban J connectivity index is 2.20. The van der Waals surface area contributed by atoms with Crippen LogP contribution in [0.4, 0.5) is 4.79 Å². The van der Waals surface area contributed by atoms with Gasteiger partial charge in [0.25, 0.3) is 0 Å². The summed E-state index contributed by atoms with van der Waals surface area (Å²) in [5, 5.41) is 22.1. The average Bonchev–Trinajstić information content (AvgIpc) is 2.22. The molecule has 17 heavy (non-hydrogen) atoms. The van der Waals surface area contributed by atoms with Gasteiger partial charge in [-0.15, -0.1) is 0 Å². The fourth-order valence-electron chi connectivity index (χ4n) is 1.63. The molecule has 1 atom stereocenters. The number of amides is 2. The molecule has 7 nitrogen and oxygen atoms in total. The molecule has 4 N–H and O–H groups in total. The predicted molar refractivity (Wildman–Crippen MR) is 58.6 cm³/mol. The van der Waals surface area contributed by atoms with Gasteiger partial charge in [0.1, 0.15) is 0 Å². The van der Waals surface area contributed by atoms with Crippen LogP contribution in [-0.4, -0.2) is 53.6 Å². The molecule has 7 heteroatoms. The van der Waals surface area contributed by atoms with E-state index < -0.39 is 24.6 Å². The lowest BCUT2D eigenvalue weighted by Gasteiger charge is -2.35. The maximum Gasteiger partial charge on any atom is 0.328 e. The number of urea groups is 1. The number of carbonyl (C=O) groups excluding carboxylic acids is 1. The lowest BCUT2D eigenvalue weighted by molar-refractivity contribution is -0.140. The molecule has 0 spiro atoms. The molecule has 2 amide bonds. The van der Waals surface area contributed by atoms with Gasteiger partial charge >= 0.3 is 12.0 Å². The largest absolute Gasteiger partial charge is 0.480 e. The van der Waals surface area contributed by atoms with Crippen LogP contribution in [0.25, 0.3) is 0 Å². The van der Waals surface area contributed by atoms with Crippen LogP contribution in [0, 0.1) is 0 Å². The van der Waals surface area contributed by atoms with E-state index in [1.165, 1.54) is 0 Å². The average molecular weight is 246 g/mol. The molecule has 1 rings (SSSR count). The molecule has 0 aromatic heterocycles. The van der Waals surface area contributed by atoms with Crippen molar-refractivity contribution in [3.05, 3.63) is 0 Å².